The molecule has 2 aromatic rings. The Hall–Kier alpha value is -3.26. The van der Waals surface area contributed by atoms with E-state index in [1.165, 1.54) is 0 Å². The van der Waals surface area contributed by atoms with E-state index < -0.39 is 0 Å². The van der Waals surface area contributed by atoms with Crippen molar-refractivity contribution in [2.75, 3.05) is 13.7 Å². The molecular weight excluding hydrogens is 314 g/mol. The SMILES string of the molecule is COc1ccc(C2=c3c(c(C)c4n3CCNC=4)C(=O)C(C#N)=C2)cc1. The fourth-order valence-corrected chi connectivity index (χ4v) is 3.57. The maximum Gasteiger partial charge on any atom is 0.206 e. The topological polar surface area (TPSA) is 67.0 Å². The smallest absolute Gasteiger partial charge is 0.206 e. The number of carbonyl (C=O) groups is 1. The maximum atomic E-state index is 12.8. The van der Waals surface area contributed by atoms with Gasteiger partial charge in [0.1, 0.15) is 17.4 Å². The van der Waals surface area contributed by atoms with Crippen LogP contribution in [-0.2, 0) is 6.54 Å². The van der Waals surface area contributed by atoms with Gasteiger partial charge in [-0.2, -0.15) is 5.26 Å². The van der Waals surface area contributed by atoms with Crippen molar-refractivity contribution in [2.45, 2.75) is 13.5 Å². The number of hydrogen-bond acceptors (Lipinski definition) is 4. The summed E-state index contributed by atoms with van der Waals surface area (Å²) in [5, 5.41) is 14.6. The van der Waals surface area contributed by atoms with Crippen molar-refractivity contribution in [3.63, 3.8) is 0 Å². The number of methoxy groups -OCH3 is 1. The van der Waals surface area contributed by atoms with Gasteiger partial charge >= 0.3 is 0 Å². The number of allylic oxidation sites excluding steroid dienone is 2. The van der Waals surface area contributed by atoms with Gasteiger partial charge in [-0.05, 0) is 36.3 Å². The summed E-state index contributed by atoms with van der Waals surface area (Å²) in [4.78, 5) is 12.8. The number of carbonyl (C=O) groups excluding carboxylic acids is 1. The summed E-state index contributed by atoms with van der Waals surface area (Å²) >= 11 is 0. The summed E-state index contributed by atoms with van der Waals surface area (Å²) in [6.07, 6.45) is 3.66. The van der Waals surface area contributed by atoms with Gasteiger partial charge in [0.25, 0.3) is 0 Å². The molecule has 124 valence electrons. The van der Waals surface area contributed by atoms with Gasteiger partial charge < -0.3 is 14.6 Å². The van der Waals surface area contributed by atoms with Gasteiger partial charge in [0.05, 0.1) is 23.4 Å². The van der Waals surface area contributed by atoms with Crippen molar-refractivity contribution >= 4 is 17.6 Å². The highest BCUT2D eigenvalue weighted by atomic mass is 16.5. The fraction of sp³-hybridized carbons (Fsp3) is 0.200. The van der Waals surface area contributed by atoms with Crippen LogP contribution in [0.15, 0.2) is 35.9 Å². The summed E-state index contributed by atoms with van der Waals surface area (Å²) in [6, 6.07) is 9.75. The summed E-state index contributed by atoms with van der Waals surface area (Å²) in [7, 11) is 1.63. The van der Waals surface area contributed by atoms with Crippen LogP contribution in [0.4, 0.5) is 0 Å². The fourth-order valence-electron chi connectivity index (χ4n) is 3.57. The lowest BCUT2D eigenvalue weighted by Crippen LogP contribution is -2.39. The molecule has 4 rings (SSSR count). The van der Waals surface area contributed by atoms with Crippen LogP contribution in [0.2, 0.25) is 0 Å². The third-order valence-electron chi connectivity index (χ3n) is 4.81. The van der Waals surface area contributed by atoms with Crippen molar-refractivity contribution in [1.29, 1.82) is 5.26 Å². The van der Waals surface area contributed by atoms with Gasteiger partial charge in [-0.3, -0.25) is 4.79 Å². The molecule has 2 aliphatic rings. The Kier molecular flexibility index (Phi) is 3.47. The number of rotatable bonds is 2. The van der Waals surface area contributed by atoms with Crippen LogP contribution in [-0.4, -0.2) is 24.0 Å². The van der Waals surface area contributed by atoms with E-state index in [0.717, 1.165) is 46.2 Å². The maximum absolute atomic E-state index is 12.8. The number of benzene rings is 1. The van der Waals surface area contributed by atoms with E-state index in [1.807, 2.05) is 37.4 Å². The van der Waals surface area contributed by atoms with Gasteiger partial charge in [0.2, 0.25) is 5.78 Å². The van der Waals surface area contributed by atoms with Gasteiger partial charge in [0, 0.05) is 24.9 Å². The molecule has 0 saturated carbocycles. The van der Waals surface area contributed by atoms with Gasteiger partial charge in [-0.25, -0.2) is 0 Å². The number of Topliss-reactive ketones (excluding diaryl/α,β-unsaturated/α-hetero) is 1. The summed E-state index contributed by atoms with van der Waals surface area (Å²) in [5.41, 5.74) is 3.59. The Bertz CT molecular complexity index is 1080. The van der Waals surface area contributed by atoms with Crippen LogP contribution >= 0.6 is 0 Å². The van der Waals surface area contributed by atoms with Crippen LogP contribution in [0.5, 0.6) is 5.75 Å². The Morgan fingerprint density at radius 1 is 1.28 bits per heavy atom. The molecule has 1 N–H and O–H groups in total. The average Bonchev–Trinajstić information content (AvgIpc) is 2.96. The van der Waals surface area contributed by atoms with Crippen LogP contribution in [0.25, 0.3) is 11.8 Å². The van der Waals surface area contributed by atoms with Gasteiger partial charge in [0.15, 0.2) is 0 Å². The number of nitrogens with zero attached hydrogens (tertiary/aromatic N) is 2. The highest BCUT2D eigenvalue weighted by Gasteiger charge is 2.27. The first kappa shape index (κ1) is 15.3. The zero-order valence-corrected chi connectivity index (χ0v) is 14.1. The first-order chi connectivity index (χ1) is 12.2. The molecule has 1 aliphatic heterocycles. The minimum Gasteiger partial charge on any atom is -0.497 e. The molecule has 0 atom stereocenters. The second-order valence-corrected chi connectivity index (χ2v) is 6.13. The van der Waals surface area contributed by atoms with E-state index in [0.29, 0.717) is 5.56 Å². The molecule has 1 aromatic carbocycles. The largest absolute Gasteiger partial charge is 0.497 e. The number of aromatic nitrogens is 1. The number of nitrogens with one attached hydrogen (secondary N) is 1. The van der Waals surface area contributed by atoms with Gasteiger partial charge in [-0.1, -0.05) is 12.1 Å². The second kappa shape index (κ2) is 5.67. The third kappa shape index (κ3) is 2.18. The number of nitriles is 1. The molecule has 2 heterocycles. The van der Waals surface area contributed by atoms with Crippen LogP contribution < -0.4 is 20.8 Å². The van der Waals surface area contributed by atoms with Crippen molar-refractivity contribution in [2.24, 2.45) is 0 Å². The van der Waals surface area contributed by atoms with Crippen LogP contribution in [0.3, 0.4) is 0 Å². The van der Waals surface area contributed by atoms with E-state index >= 15 is 0 Å². The molecule has 1 aromatic heterocycles. The molecule has 0 radical (unpaired) electrons. The lowest BCUT2D eigenvalue weighted by molar-refractivity contribution is 0.103. The monoisotopic (exact) mass is 331 g/mol. The minimum atomic E-state index is -0.192. The zero-order chi connectivity index (χ0) is 17.6. The zero-order valence-electron chi connectivity index (χ0n) is 14.1. The van der Waals surface area contributed by atoms with Crippen molar-refractivity contribution in [3.05, 3.63) is 63.3 Å². The van der Waals surface area contributed by atoms with Gasteiger partial charge in [-0.15, -0.1) is 0 Å². The summed E-state index contributed by atoms with van der Waals surface area (Å²) < 4.78 is 7.40. The molecule has 5 heteroatoms. The number of fused-ring (bicyclic) bond motifs is 3. The standard InChI is InChI=1S/C20H17N3O2/c1-12-17-11-22-7-8-23(17)19-16(9-14(10-21)20(24)18(12)19)13-3-5-15(25-2)6-4-13/h3-6,9,11,22H,7-8H2,1-2H3. The van der Waals surface area contributed by atoms with Crippen molar-refractivity contribution in [3.8, 4) is 11.8 Å². The lowest BCUT2D eigenvalue weighted by atomic mass is 9.91. The first-order valence-electron chi connectivity index (χ1n) is 8.13. The quantitative estimate of drug-likeness (QED) is 0.891. The predicted molar refractivity (Wildman–Crippen MR) is 94.4 cm³/mol. The Labute approximate surface area is 145 Å². The molecule has 0 unspecified atom stereocenters. The number of hydrogen-bond donors (Lipinski definition) is 1. The molecule has 0 spiro atoms. The molecule has 25 heavy (non-hydrogen) atoms. The first-order valence-corrected chi connectivity index (χ1v) is 8.13. The Morgan fingerprint density at radius 3 is 2.72 bits per heavy atom. The number of ether oxygens (including phenoxy) is 1. The van der Waals surface area contributed by atoms with Crippen LogP contribution in [0, 0.1) is 18.3 Å². The van der Waals surface area contributed by atoms with E-state index in [-0.39, 0.29) is 11.4 Å². The predicted octanol–water partition coefficient (Wildman–Crippen LogP) is 0.992. The highest BCUT2D eigenvalue weighted by molar-refractivity contribution is 6.16. The number of ketones is 1. The average molecular weight is 331 g/mol. The highest BCUT2D eigenvalue weighted by Crippen LogP contribution is 2.24. The third-order valence-corrected chi connectivity index (χ3v) is 4.81. The molecular formula is C20H17N3O2. The lowest BCUT2D eigenvalue weighted by Gasteiger charge is -2.15. The molecule has 1 aliphatic carbocycles. The summed E-state index contributed by atoms with van der Waals surface area (Å²) in [6.45, 7) is 3.54. The van der Waals surface area contributed by atoms with E-state index in [2.05, 4.69) is 16.0 Å². The Morgan fingerprint density at radius 2 is 2.04 bits per heavy atom. The molecule has 5 nitrogen and oxygen atoms in total. The summed E-state index contributed by atoms with van der Waals surface area (Å²) in [5.74, 6) is 0.578. The van der Waals surface area contributed by atoms with E-state index in [1.54, 1.807) is 13.2 Å². The van der Waals surface area contributed by atoms with E-state index in [9.17, 15) is 10.1 Å². The van der Waals surface area contributed by atoms with Crippen molar-refractivity contribution in [1.82, 2.24) is 9.88 Å². The van der Waals surface area contributed by atoms with E-state index in [4.69, 9.17) is 4.74 Å². The molecule has 0 saturated heterocycles. The second-order valence-electron chi connectivity index (χ2n) is 6.13. The minimum absolute atomic E-state index is 0.178. The van der Waals surface area contributed by atoms with Crippen molar-refractivity contribution < 1.29 is 9.53 Å². The molecule has 0 bridgehead atoms. The molecule has 0 fully saturated rings. The van der Waals surface area contributed by atoms with Crippen LogP contribution in [0.1, 0.15) is 21.5 Å². The Balaban J connectivity index is 2.12. The normalized spacial score (nSPS) is 15.3. The molecule has 0 amide bonds.